The molecule has 0 spiro atoms. The van der Waals surface area contributed by atoms with Gasteiger partial charge in [0.05, 0.1) is 6.10 Å². The fourth-order valence-corrected chi connectivity index (χ4v) is 4.09. The van der Waals surface area contributed by atoms with Gasteiger partial charge in [0.1, 0.15) is 0 Å². The molecule has 1 heterocycles. The summed E-state index contributed by atoms with van der Waals surface area (Å²) in [6, 6.07) is 6.96. The third kappa shape index (κ3) is 2.21. The van der Waals surface area contributed by atoms with Crippen LogP contribution in [0.2, 0.25) is 0 Å². The molecule has 0 aromatic heterocycles. The first-order valence-corrected chi connectivity index (χ1v) is 7.94. The zero-order valence-electron chi connectivity index (χ0n) is 11.9. The Kier molecular flexibility index (Phi) is 3.38. The topological polar surface area (TPSA) is 21.3 Å². The largest absolute Gasteiger partial charge is 0.381 e. The standard InChI is InChI=1S/C16H22BrNO/c1-10-6-7-11(17)9-13(10)18-14-12-5-4-8-19-15(12)16(14,2)3/h6-7,9,12,14-15,18H,4-5,8H2,1-3H3. The molecule has 1 aromatic carbocycles. The summed E-state index contributed by atoms with van der Waals surface area (Å²) in [7, 11) is 0. The number of rotatable bonds is 2. The number of benzene rings is 1. The van der Waals surface area contributed by atoms with Crippen molar-refractivity contribution in [2.75, 3.05) is 11.9 Å². The molecule has 3 unspecified atom stereocenters. The van der Waals surface area contributed by atoms with Crippen molar-refractivity contribution >= 4 is 21.6 Å². The van der Waals surface area contributed by atoms with Crippen LogP contribution in [0.25, 0.3) is 0 Å². The van der Waals surface area contributed by atoms with Crippen LogP contribution in [-0.4, -0.2) is 18.8 Å². The highest BCUT2D eigenvalue weighted by Crippen LogP contribution is 2.52. The van der Waals surface area contributed by atoms with Gasteiger partial charge in [0.2, 0.25) is 0 Å². The molecule has 3 heteroatoms. The zero-order valence-corrected chi connectivity index (χ0v) is 13.5. The fraction of sp³-hybridized carbons (Fsp3) is 0.625. The van der Waals surface area contributed by atoms with Gasteiger partial charge in [-0.15, -0.1) is 0 Å². The third-order valence-electron chi connectivity index (χ3n) is 4.84. The Morgan fingerprint density at radius 3 is 2.95 bits per heavy atom. The molecule has 1 aliphatic heterocycles. The predicted molar refractivity (Wildman–Crippen MR) is 82.5 cm³/mol. The summed E-state index contributed by atoms with van der Waals surface area (Å²) in [5.74, 6) is 0.669. The molecule has 1 saturated heterocycles. The van der Waals surface area contributed by atoms with Crippen molar-refractivity contribution in [1.29, 1.82) is 0 Å². The Morgan fingerprint density at radius 1 is 1.37 bits per heavy atom. The molecule has 3 atom stereocenters. The smallest absolute Gasteiger partial charge is 0.0693 e. The lowest BCUT2D eigenvalue weighted by molar-refractivity contribution is -0.177. The summed E-state index contributed by atoms with van der Waals surface area (Å²) < 4.78 is 7.10. The fourth-order valence-electron chi connectivity index (χ4n) is 3.73. The van der Waals surface area contributed by atoms with Crippen LogP contribution < -0.4 is 5.32 Å². The van der Waals surface area contributed by atoms with Crippen molar-refractivity contribution in [2.24, 2.45) is 11.3 Å². The van der Waals surface area contributed by atoms with Gasteiger partial charge in [0.25, 0.3) is 0 Å². The molecule has 1 N–H and O–H groups in total. The van der Waals surface area contributed by atoms with E-state index in [1.54, 1.807) is 0 Å². The Balaban J connectivity index is 1.81. The number of hydrogen-bond donors (Lipinski definition) is 1. The summed E-state index contributed by atoms with van der Waals surface area (Å²) in [5, 5.41) is 3.77. The van der Waals surface area contributed by atoms with E-state index in [0.29, 0.717) is 18.1 Å². The third-order valence-corrected chi connectivity index (χ3v) is 5.33. The van der Waals surface area contributed by atoms with E-state index in [-0.39, 0.29) is 5.41 Å². The van der Waals surface area contributed by atoms with E-state index >= 15 is 0 Å². The van der Waals surface area contributed by atoms with E-state index in [1.165, 1.54) is 24.1 Å². The molecular weight excluding hydrogens is 302 g/mol. The van der Waals surface area contributed by atoms with Gasteiger partial charge in [0, 0.05) is 34.1 Å². The maximum absolute atomic E-state index is 5.96. The average Bonchev–Trinajstić information content (AvgIpc) is 2.39. The lowest BCUT2D eigenvalue weighted by Crippen LogP contribution is -2.67. The number of ether oxygens (including phenoxy) is 1. The summed E-state index contributed by atoms with van der Waals surface area (Å²) in [6.45, 7) is 7.75. The molecule has 0 radical (unpaired) electrons. The van der Waals surface area contributed by atoms with Gasteiger partial charge in [-0.1, -0.05) is 35.8 Å². The van der Waals surface area contributed by atoms with Crippen LogP contribution in [0.4, 0.5) is 5.69 Å². The van der Waals surface area contributed by atoms with Gasteiger partial charge in [-0.2, -0.15) is 0 Å². The monoisotopic (exact) mass is 323 g/mol. The van der Waals surface area contributed by atoms with Crippen LogP contribution in [-0.2, 0) is 4.74 Å². The molecule has 0 amide bonds. The first-order chi connectivity index (χ1) is 9.00. The van der Waals surface area contributed by atoms with Gasteiger partial charge in [0.15, 0.2) is 0 Å². The van der Waals surface area contributed by atoms with E-state index in [1.807, 2.05) is 0 Å². The number of fused-ring (bicyclic) bond motifs is 1. The van der Waals surface area contributed by atoms with Gasteiger partial charge < -0.3 is 10.1 Å². The van der Waals surface area contributed by atoms with E-state index < -0.39 is 0 Å². The molecule has 1 aliphatic carbocycles. The number of anilines is 1. The van der Waals surface area contributed by atoms with Gasteiger partial charge in [-0.05, 0) is 37.5 Å². The van der Waals surface area contributed by atoms with E-state index in [4.69, 9.17) is 4.74 Å². The molecule has 0 bridgehead atoms. The number of halogens is 1. The second kappa shape index (κ2) is 4.78. The Labute approximate surface area is 124 Å². The second-order valence-corrected chi connectivity index (χ2v) is 7.42. The van der Waals surface area contributed by atoms with E-state index in [9.17, 15) is 0 Å². The summed E-state index contributed by atoms with van der Waals surface area (Å²) in [5.41, 5.74) is 2.77. The zero-order chi connectivity index (χ0) is 13.6. The number of hydrogen-bond acceptors (Lipinski definition) is 2. The number of aryl methyl sites for hydroxylation is 1. The summed E-state index contributed by atoms with van der Waals surface area (Å²) in [6.07, 6.45) is 2.93. The molecule has 2 nitrogen and oxygen atoms in total. The molecule has 19 heavy (non-hydrogen) atoms. The normalized spacial score (nSPS) is 32.3. The highest BCUT2D eigenvalue weighted by atomic mass is 79.9. The van der Waals surface area contributed by atoms with Crippen LogP contribution in [0.5, 0.6) is 0 Å². The van der Waals surface area contributed by atoms with E-state index in [0.717, 1.165) is 11.1 Å². The van der Waals surface area contributed by atoms with Crippen LogP contribution in [0.15, 0.2) is 22.7 Å². The van der Waals surface area contributed by atoms with Crippen LogP contribution >= 0.6 is 15.9 Å². The Morgan fingerprint density at radius 2 is 2.16 bits per heavy atom. The molecule has 2 fully saturated rings. The Hall–Kier alpha value is -0.540. The second-order valence-electron chi connectivity index (χ2n) is 6.50. The number of nitrogens with one attached hydrogen (secondary N) is 1. The quantitative estimate of drug-likeness (QED) is 0.872. The summed E-state index contributed by atoms with van der Waals surface area (Å²) >= 11 is 3.56. The van der Waals surface area contributed by atoms with Crippen LogP contribution in [0.1, 0.15) is 32.3 Å². The van der Waals surface area contributed by atoms with Crippen LogP contribution in [0.3, 0.4) is 0 Å². The minimum atomic E-state index is 0.222. The molecule has 104 valence electrons. The van der Waals surface area contributed by atoms with Gasteiger partial charge >= 0.3 is 0 Å². The minimum absolute atomic E-state index is 0.222. The first kappa shape index (κ1) is 13.4. The lowest BCUT2D eigenvalue weighted by atomic mass is 9.55. The van der Waals surface area contributed by atoms with Gasteiger partial charge in [-0.3, -0.25) is 0 Å². The molecule has 2 aliphatic rings. The van der Waals surface area contributed by atoms with Crippen molar-refractivity contribution in [2.45, 2.75) is 45.8 Å². The SMILES string of the molecule is Cc1ccc(Br)cc1NC1C2CCCOC2C1(C)C. The predicted octanol–water partition coefficient (Wildman–Crippen LogP) is 4.37. The highest BCUT2D eigenvalue weighted by molar-refractivity contribution is 9.10. The molecule has 3 rings (SSSR count). The minimum Gasteiger partial charge on any atom is -0.381 e. The Bertz CT molecular complexity index is 486. The van der Waals surface area contributed by atoms with Gasteiger partial charge in [-0.25, -0.2) is 0 Å². The van der Waals surface area contributed by atoms with Crippen molar-refractivity contribution in [3.63, 3.8) is 0 Å². The average molecular weight is 324 g/mol. The first-order valence-electron chi connectivity index (χ1n) is 7.14. The van der Waals surface area contributed by atoms with E-state index in [2.05, 4.69) is 60.2 Å². The molecular formula is C16H22BrNO. The van der Waals surface area contributed by atoms with Crippen molar-refractivity contribution in [3.05, 3.63) is 28.2 Å². The highest BCUT2D eigenvalue weighted by Gasteiger charge is 2.57. The van der Waals surface area contributed by atoms with Crippen molar-refractivity contribution in [3.8, 4) is 0 Å². The molecule has 1 saturated carbocycles. The van der Waals surface area contributed by atoms with Crippen molar-refractivity contribution in [1.82, 2.24) is 0 Å². The lowest BCUT2D eigenvalue weighted by Gasteiger charge is -2.60. The summed E-state index contributed by atoms with van der Waals surface area (Å²) in [4.78, 5) is 0. The van der Waals surface area contributed by atoms with Crippen LogP contribution in [0, 0.1) is 18.3 Å². The molecule has 1 aromatic rings. The maximum Gasteiger partial charge on any atom is 0.0693 e. The van der Waals surface area contributed by atoms with Crippen molar-refractivity contribution < 1.29 is 4.74 Å². The maximum atomic E-state index is 5.96.